The summed E-state index contributed by atoms with van der Waals surface area (Å²) in [6.07, 6.45) is 0. The van der Waals surface area contributed by atoms with E-state index in [-0.39, 0.29) is 5.41 Å². The van der Waals surface area contributed by atoms with Crippen molar-refractivity contribution in [2.24, 2.45) is 5.41 Å². The second-order valence-electron chi connectivity index (χ2n) is 6.54. The molecule has 0 bridgehead atoms. The van der Waals surface area contributed by atoms with Crippen LogP contribution in [0.3, 0.4) is 0 Å². The minimum atomic E-state index is -0.114. The molecule has 3 aromatic rings. The number of rotatable bonds is 2. The molecule has 0 unspecified atom stereocenters. The van der Waals surface area contributed by atoms with Crippen LogP contribution in [0.5, 0.6) is 0 Å². The molecule has 0 aliphatic carbocycles. The van der Waals surface area contributed by atoms with E-state index in [0.29, 0.717) is 11.4 Å². The standard InChI is InChI=1S/C18H16N6S/c1-11-15(16-21-23-24-22-16)25-17(20-11)13-6-5-12(14(9-13)10-19)7-8-18(2,3)4/h5-6,9H,1-4H3,(H,21,22,23,24). The van der Waals surface area contributed by atoms with Crippen molar-refractivity contribution in [1.29, 1.82) is 5.26 Å². The zero-order valence-corrected chi connectivity index (χ0v) is 15.2. The second kappa shape index (κ2) is 6.46. The van der Waals surface area contributed by atoms with Crippen LogP contribution in [-0.2, 0) is 0 Å². The van der Waals surface area contributed by atoms with Gasteiger partial charge >= 0.3 is 0 Å². The molecule has 25 heavy (non-hydrogen) atoms. The van der Waals surface area contributed by atoms with Crippen LogP contribution in [0.25, 0.3) is 21.3 Å². The molecular weight excluding hydrogens is 332 g/mol. The highest BCUT2D eigenvalue weighted by molar-refractivity contribution is 7.18. The molecule has 0 fully saturated rings. The Bertz CT molecular complexity index is 1010. The molecule has 7 heteroatoms. The summed E-state index contributed by atoms with van der Waals surface area (Å²) in [7, 11) is 0. The van der Waals surface area contributed by atoms with Crippen LogP contribution in [0, 0.1) is 35.5 Å². The molecule has 0 saturated carbocycles. The third kappa shape index (κ3) is 3.73. The highest BCUT2D eigenvalue weighted by Crippen LogP contribution is 2.33. The highest BCUT2D eigenvalue weighted by Gasteiger charge is 2.15. The first-order chi connectivity index (χ1) is 11.9. The number of thiazole rings is 1. The van der Waals surface area contributed by atoms with Gasteiger partial charge in [-0.2, -0.15) is 10.5 Å². The van der Waals surface area contributed by atoms with Crippen molar-refractivity contribution in [2.75, 3.05) is 0 Å². The zero-order chi connectivity index (χ0) is 18.0. The lowest BCUT2D eigenvalue weighted by Gasteiger charge is -2.07. The molecule has 1 N–H and O–H groups in total. The SMILES string of the molecule is Cc1nc(-c2ccc(C#CC(C)(C)C)c(C#N)c2)sc1-c1nn[nH]n1. The molecule has 2 aromatic heterocycles. The normalized spacial score (nSPS) is 10.8. The first-order valence-corrected chi connectivity index (χ1v) is 8.48. The topological polar surface area (TPSA) is 91.1 Å². The fourth-order valence-corrected chi connectivity index (χ4v) is 3.11. The van der Waals surface area contributed by atoms with E-state index in [2.05, 4.69) is 43.5 Å². The molecule has 0 aliphatic rings. The van der Waals surface area contributed by atoms with Crippen LogP contribution >= 0.6 is 11.3 Å². The Hall–Kier alpha value is -3.03. The molecule has 3 rings (SSSR count). The first-order valence-electron chi connectivity index (χ1n) is 7.66. The van der Waals surface area contributed by atoms with E-state index in [9.17, 15) is 5.26 Å². The minimum Gasteiger partial charge on any atom is -0.241 e. The van der Waals surface area contributed by atoms with Crippen LogP contribution in [0.1, 0.15) is 37.6 Å². The number of aromatic amines is 1. The Morgan fingerprint density at radius 3 is 2.64 bits per heavy atom. The highest BCUT2D eigenvalue weighted by atomic mass is 32.1. The van der Waals surface area contributed by atoms with Crippen molar-refractivity contribution in [3.05, 3.63) is 35.0 Å². The summed E-state index contributed by atoms with van der Waals surface area (Å²) in [6, 6.07) is 7.86. The number of tetrazole rings is 1. The predicted molar refractivity (Wildman–Crippen MR) is 96.5 cm³/mol. The summed E-state index contributed by atoms with van der Waals surface area (Å²) in [5.41, 5.74) is 2.87. The average Bonchev–Trinajstić information content (AvgIpc) is 3.21. The van der Waals surface area contributed by atoms with Gasteiger partial charge in [-0.25, -0.2) is 4.98 Å². The minimum absolute atomic E-state index is 0.114. The van der Waals surface area contributed by atoms with E-state index in [1.807, 2.05) is 45.9 Å². The lowest BCUT2D eigenvalue weighted by atomic mass is 9.96. The van der Waals surface area contributed by atoms with Gasteiger partial charge in [-0.05, 0) is 45.0 Å². The van der Waals surface area contributed by atoms with Crippen molar-refractivity contribution in [3.63, 3.8) is 0 Å². The molecule has 0 aliphatic heterocycles. The number of benzene rings is 1. The molecule has 0 spiro atoms. The number of nitrogens with zero attached hydrogens (tertiary/aromatic N) is 5. The van der Waals surface area contributed by atoms with Crippen LogP contribution in [0.2, 0.25) is 0 Å². The monoisotopic (exact) mass is 348 g/mol. The van der Waals surface area contributed by atoms with Gasteiger partial charge < -0.3 is 0 Å². The van der Waals surface area contributed by atoms with Gasteiger partial charge in [0.15, 0.2) is 0 Å². The molecule has 1 aromatic carbocycles. The summed E-state index contributed by atoms with van der Waals surface area (Å²) in [5.74, 6) is 6.79. The number of aromatic nitrogens is 5. The van der Waals surface area contributed by atoms with E-state index in [4.69, 9.17) is 0 Å². The van der Waals surface area contributed by atoms with Crippen LogP contribution in [0.4, 0.5) is 0 Å². The van der Waals surface area contributed by atoms with E-state index in [0.717, 1.165) is 26.7 Å². The van der Waals surface area contributed by atoms with Crippen molar-refractivity contribution in [2.45, 2.75) is 27.7 Å². The van der Waals surface area contributed by atoms with Crippen LogP contribution in [0.15, 0.2) is 18.2 Å². The van der Waals surface area contributed by atoms with Crippen molar-refractivity contribution >= 4 is 11.3 Å². The molecule has 0 saturated heterocycles. The van der Waals surface area contributed by atoms with Crippen LogP contribution in [-0.4, -0.2) is 25.6 Å². The zero-order valence-electron chi connectivity index (χ0n) is 14.4. The van der Waals surface area contributed by atoms with Crippen LogP contribution < -0.4 is 0 Å². The molecule has 2 heterocycles. The van der Waals surface area contributed by atoms with Crippen molar-refractivity contribution < 1.29 is 0 Å². The average molecular weight is 348 g/mol. The number of aryl methyl sites for hydroxylation is 1. The summed E-state index contributed by atoms with van der Waals surface area (Å²) in [5, 5.41) is 24.3. The Morgan fingerprint density at radius 1 is 1.20 bits per heavy atom. The first kappa shape index (κ1) is 16.8. The number of H-pyrrole nitrogens is 1. The molecule has 0 atom stereocenters. The Morgan fingerprint density at radius 2 is 2.00 bits per heavy atom. The third-order valence-corrected chi connectivity index (χ3v) is 4.51. The predicted octanol–water partition coefficient (Wildman–Crippen LogP) is 3.57. The van der Waals surface area contributed by atoms with E-state index >= 15 is 0 Å². The van der Waals surface area contributed by atoms with Gasteiger partial charge in [-0.1, -0.05) is 17.9 Å². The largest absolute Gasteiger partial charge is 0.241 e. The van der Waals surface area contributed by atoms with Crippen molar-refractivity contribution in [1.82, 2.24) is 25.6 Å². The Labute approximate surface area is 149 Å². The summed E-state index contributed by atoms with van der Waals surface area (Å²) in [4.78, 5) is 5.44. The van der Waals surface area contributed by atoms with Gasteiger partial charge in [-0.3, -0.25) is 0 Å². The third-order valence-electron chi connectivity index (χ3n) is 3.30. The van der Waals surface area contributed by atoms with Gasteiger partial charge in [0.1, 0.15) is 11.1 Å². The fourth-order valence-electron chi connectivity index (χ4n) is 2.12. The molecular formula is C18H16N6S. The Balaban J connectivity index is 2.01. The lowest BCUT2D eigenvalue weighted by molar-refractivity contribution is 0.571. The Kier molecular flexibility index (Phi) is 4.35. The number of nitriles is 1. The van der Waals surface area contributed by atoms with E-state index in [1.165, 1.54) is 11.3 Å². The maximum atomic E-state index is 9.46. The maximum absolute atomic E-state index is 9.46. The molecule has 0 radical (unpaired) electrons. The van der Waals surface area contributed by atoms with E-state index < -0.39 is 0 Å². The van der Waals surface area contributed by atoms with Gasteiger partial charge in [0.05, 0.1) is 16.1 Å². The number of nitrogens with one attached hydrogen (secondary N) is 1. The van der Waals surface area contributed by atoms with E-state index in [1.54, 1.807) is 0 Å². The lowest BCUT2D eigenvalue weighted by Crippen LogP contribution is -1.99. The molecule has 6 nitrogen and oxygen atoms in total. The fraction of sp³-hybridized carbons (Fsp3) is 0.278. The van der Waals surface area contributed by atoms with Gasteiger partial charge in [0, 0.05) is 16.5 Å². The smallest absolute Gasteiger partial charge is 0.216 e. The van der Waals surface area contributed by atoms with Gasteiger partial charge in [-0.15, -0.1) is 21.5 Å². The number of hydrogen-bond acceptors (Lipinski definition) is 6. The number of hydrogen-bond donors (Lipinski definition) is 1. The summed E-state index contributed by atoms with van der Waals surface area (Å²) in [6.45, 7) is 8.02. The maximum Gasteiger partial charge on any atom is 0.216 e. The summed E-state index contributed by atoms with van der Waals surface area (Å²) >= 11 is 1.47. The summed E-state index contributed by atoms with van der Waals surface area (Å²) < 4.78 is 0. The van der Waals surface area contributed by atoms with Crippen molar-refractivity contribution in [3.8, 4) is 39.2 Å². The molecule has 124 valence electrons. The quantitative estimate of drug-likeness (QED) is 0.715. The van der Waals surface area contributed by atoms with Gasteiger partial charge in [0.25, 0.3) is 0 Å². The second-order valence-corrected chi connectivity index (χ2v) is 7.54. The molecule has 0 amide bonds. The van der Waals surface area contributed by atoms with Gasteiger partial charge in [0.2, 0.25) is 5.82 Å².